The normalized spacial score (nSPS) is 16.9. The Bertz CT molecular complexity index is 1110. The van der Waals surface area contributed by atoms with Crippen LogP contribution in [0.25, 0.3) is 10.9 Å². The molecule has 11 heteroatoms. The fourth-order valence-corrected chi connectivity index (χ4v) is 3.83. The van der Waals surface area contributed by atoms with Crippen LogP contribution < -0.4 is 14.8 Å². The van der Waals surface area contributed by atoms with Gasteiger partial charge in [0.2, 0.25) is 0 Å². The number of anilines is 2. The van der Waals surface area contributed by atoms with Crippen molar-refractivity contribution in [3.63, 3.8) is 0 Å². The van der Waals surface area contributed by atoms with Gasteiger partial charge in [-0.1, -0.05) is 11.6 Å². The third-order valence-electron chi connectivity index (χ3n) is 5.25. The third-order valence-corrected chi connectivity index (χ3v) is 5.49. The van der Waals surface area contributed by atoms with Crippen molar-refractivity contribution < 1.29 is 24.1 Å². The second kappa shape index (κ2) is 11.1. The van der Waals surface area contributed by atoms with Gasteiger partial charge in [0.25, 0.3) is 0 Å². The number of benzene rings is 2. The lowest BCUT2D eigenvalue weighted by Gasteiger charge is -2.20. The van der Waals surface area contributed by atoms with E-state index < -0.39 is 11.9 Å². The van der Waals surface area contributed by atoms with Crippen LogP contribution in [-0.2, 0) is 0 Å². The van der Waals surface area contributed by atoms with E-state index in [2.05, 4.69) is 15.3 Å². The lowest BCUT2D eigenvalue weighted by atomic mass is 10.2. The Morgan fingerprint density at radius 2 is 2.09 bits per heavy atom. The largest absolute Gasteiger partial charge is 0.493 e. The molecule has 178 valence electrons. The van der Waals surface area contributed by atoms with Gasteiger partial charge in [0.1, 0.15) is 30.7 Å². The summed E-state index contributed by atoms with van der Waals surface area (Å²) in [5.41, 5.74) is 0.786. The van der Waals surface area contributed by atoms with Crippen LogP contribution >= 0.6 is 24.0 Å². The number of halogens is 3. The summed E-state index contributed by atoms with van der Waals surface area (Å²) in [5.74, 6) is 0.739. The van der Waals surface area contributed by atoms with E-state index in [9.17, 15) is 14.6 Å². The number of ether oxygens (including phenoxy) is 2. The van der Waals surface area contributed by atoms with Crippen molar-refractivity contribution in [3.05, 3.63) is 47.5 Å². The molecule has 3 aromatic rings. The van der Waals surface area contributed by atoms with E-state index in [1.54, 1.807) is 18.2 Å². The lowest BCUT2D eigenvalue weighted by Crippen LogP contribution is -2.34. The molecule has 1 aliphatic heterocycles. The van der Waals surface area contributed by atoms with Gasteiger partial charge >= 0.3 is 0 Å². The lowest BCUT2D eigenvalue weighted by molar-refractivity contribution is 0.0698. The van der Waals surface area contributed by atoms with E-state index >= 15 is 0 Å². The number of nitrogens with one attached hydrogen (secondary N) is 1. The third kappa shape index (κ3) is 6.13. The van der Waals surface area contributed by atoms with Gasteiger partial charge < -0.3 is 25.0 Å². The Labute approximate surface area is 201 Å². The van der Waals surface area contributed by atoms with Gasteiger partial charge in [0, 0.05) is 36.1 Å². The smallest absolute Gasteiger partial charge is 0.163 e. The minimum absolute atomic E-state index is 0. The molecule has 0 amide bonds. The molecule has 0 radical (unpaired) electrons. The molecular formula is C22H25Cl2FN4O4. The molecule has 33 heavy (non-hydrogen) atoms. The van der Waals surface area contributed by atoms with Gasteiger partial charge in [0.05, 0.1) is 24.4 Å². The zero-order chi connectivity index (χ0) is 22.7. The summed E-state index contributed by atoms with van der Waals surface area (Å²) in [6, 6.07) is 7.71. The number of nitrogens with zero attached hydrogens (tertiary/aromatic N) is 3. The fourth-order valence-electron chi connectivity index (χ4n) is 3.67. The van der Waals surface area contributed by atoms with Crippen LogP contribution in [0.4, 0.5) is 15.9 Å². The van der Waals surface area contributed by atoms with E-state index in [-0.39, 0.29) is 30.8 Å². The van der Waals surface area contributed by atoms with E-state index in [0.717, 1.165) is 6.54 Å². The summed E-state index contributed by atoms with van der Waals surface area (Å²) in [5, 5.41) is 23.8. The van der Waals surface area contributed by atoms with Crippen LogP contribution in [0.15, 0.2) is 36.7 Å². The maximum Gasteiger partial charge on any atom is 0.163 e. The highest BCUT2D eigenvalue weighted by atomic mass is 35.5. The number of likely N-dealkylation sites (tertiary alicyclic amines) is 1. The summed E-state index contributed by atoms with van der Waals surface area (Å²) in [6.45, 7) is 1.77. The van der Waals surface area contributed by atoms with Gasteiger partial charge in [-0.25, -0.2) is 14.4 Å². The minimum Gasteiger partial charge on any atom is -0.493 e. The molecule has 8 nitrogen and oxygen atoms in total. The Hall–Kier alpha value is -2.43. The number of β-amino-alcohol motifs (C(OH)–C–C–N with tert-alkyl or cyclic N) is 2. The van der Waals surface area contributed by atoms with Crippen molar-refractivity contribution >= 4 is 46.4 Å². The average Bonchev–Trinajstić information content (AvgIpc) is 3.18. The molecule has 4 rings (SSSR count). The molecule has 1 fully saturated rings. The zero-order valence-electron chi connectivity index (χ0n) is 17.9. The maximum atomic E-state index is 14.2. The molecule has 0 bridgehead atoms. The molecule has 0 aliphatic carbocycles. The first-order valence-corrected chi connectivity index (χ1v) is 10.6. The van der Waals surface area contributed by atoms with Crippen LogP contribution in [0.2, 0.25) is 5.02 Å². The number of aliphatic hydroxyl groups excluding tert-OH is 2. The van der Waals surface area contributed by atoms with Gasteiger partial charge in [-0.05, 0) is 30.7 Å². The molecule has 3 N–H and O–H groups in total. The van der Waals surface area contributed by atoms with Gasteiger partial charge in [-0.15, -0.1) is 12.4 Å². The van der Waals surface area contributed by atoms with Gasteiger partial charge in [-0.2, -0.15) is 0 Å². The van der Waals surface area contributed by atoms with Crippen LogP contribution in [0.5, 0.6) is 11.5 Å². The van der Waals surface area contributed by atoms with E-state index in [0.29, 0.717) is 52.8 Å². The molecule has 1 saturated heterocycles. The minimum atomic E-state index is -0.726. The molecular weight excluding hydrogens is 474 g/mol. The predicted octanol–water partition coefficient (Wildman–Crippen LogP) is 3.40. The highest BCUT2D eigenvalue weighted by Gasteiger charge is 2.23. The number of fused-ring (bicyclic) bond motifs is 1. The Morgan fingerprint density at radius 1 is 1.27 bits per heavy atom. The summed E-state index contributed by atoms with van der Waals surface area (Å²) < 4.78 is 25.5. The predicted molar refractivity (Wildman–Crippen MR) is 127 cm³/mol. The highest BCUT2D eigenvalue weighted by molar-refractivity contribution is 6.30. The van der Waals surface area contributed by atoms with Crippen LogP contribution in [0.1, 0.15) is 6.42 Å². The van der Waals surface area contributed by atoms with Crippen LogP contribution in [-0.4, -0.2) is 70.6 Å². The Balaban J connectivity index is 0.00000306. The molecule has 1 aliphatic rings. The molecule has 0 spiro atoms. The zero-order valence-corrected chi connectivity index (χ0v) is 19.4. The molecule has 0 saturated carbocycles. The van der Waals surface area contributed by atoms with Gasteiger partial charge in [0.15, 0.2) is 11.5 Å². The fraction of sp³-hybridized carbons (Fsp3) is 0.364. The second-order valence-corrected chi connectivity index (χ2v) is 8.09. The average molecular weight is 499 g/mol. The van der Waals surface area contributed by atoms with Crippen molar-refractivity contribution in [2.24, 2.45) is 0 Å². The maximum absolute atomic E-state index is 14.2. The number of aromatic nitrogens is 2. The standard InChI is InChI=1S/C22H24ClFN4O4.ClH/c1-31-20-7-16-19(8-21(20)32-11-15(30)10-28-5-4-14(29)9-28)25-12-26-22(16)27-18-3-2-13(23)6-17(18)24;/h2-3,6-8,12,14-15,29-30H,4-5,9-11H2,1H3,(H,25,26,27);1H. The first kappa shape index (κ1) is 25.2. The summed E-state index contributed by atoms with van der Waals surface area (Å²) >= 11 is 5.82. The number of aliphatic hydroxyl groups is 2. The molecule has 2 heterocycles. The van der Waals surface area contributed by atoms with E-state index in [1.165, 1.54) is 25.6 Å². The molecule has 2 atom stereocenters. The molecule has 2 unspecified atom stereocenters. The first-order valence-electron chi connectivity index (χ1n) is 10.2. The second-order valence-electron chi connectivity index (χ2n) is 7.66. The monoisotopic (exact) mass is 498 g/mol. The summed E-state index contributed by atoms with van der Waals surface area (Å²) in [4.78, 5) is 10.5. The van der Waals surface area contributed by atoms with Crippen molar-refractivity contribution in [1.82, 2.24) is 14.9 Å². The topological polar surface area (TPSA) is 100.0 Å². The SMILES string of the molecule is COc1cc2c(Nc3ccc(Cl)cc3F)ncnc2cc1OCC(O)CN1CCC(O)C1.Cl. The highest BCUT2D eigenvalue weighted by Crippen LogP contribution is 2.35. The van der Waals surface area contributed by atoms with E-state index in [4.69, 9.17) is 21.1 Å². The van der Waals surface area contributed by atoms with Crippen LogP contribution in [0, 0.1) is 5.82 Å². The van der Waals surface area contributed by atoms with Crippen molar-refractivity contribution in [1.29, 1.82) is 0 Å². The van der Waals surface area contributed by atoms with E-state index in [1.807, 2.05) is 4.90 Å². The summed E-state index contributed by atoms with van der Waals surface area (Å²) in [7, 11) is 1.51. The summed E-state index contributed by atoms with van der Waals surface area (Å²) in [6.07, 6.45) is 1.01. The quantitative estimate of drug-likeness (QED) is 0.434. The van der Waals surface area contributed by atoms with Gasteiger partial charge in [-0.3, -0.25) is 4.90 Å². The number of rotatable bonds is 8. The first-order chi connectivity index (χ1) is 15.4. The van der Waals surface area contributed by atoms with Crippen molar-refractivity contribution in [2.45, 2.75) is 18.6 Å². The van der Waals surface area contributed by atoms with Crippen molar-refractivity contribution in [2.75, 3.05) is 38.7 Å². The van der Waals surface area contributed by atoms with Crippen molar-refractivity contribution in [3.8, 4) is 11.5 Å². The molecule has 1 aromatic heterocycles. The number of methoxy groups -OCH3 is 1. The number of hydrogen-bond donors (Lipinski definition) is 3. The Morgan fingerprint density at radius 3 is 2.79 bits per heavy atom. The van der Waals surface area contributed by atoms with Crippen LogP contribution in [0.3, 0.4) is 0 Å². The molecule has 2 aromatic carbocycles. The Kier molecular flexibility index (Phi) is 8.50. The number of hydrogen-bond acceptors (Lipinski definition) is 8.